The van der Waals surface area contributed by atoms with Crippen molar-refractivity contribution < 1.29 is 10.2 Å². The molecule has 0 unspecified atom stereocenters. The fourth-order valence-electron chi connectivity index (χ4n) is 4.02. The molecule has 0 amide bonds. The lowest BCUT2D eigenvalue weighted by molar-refractivity contribution is 0.462. The monoisotopic (exact) mass is 426 g/mol. The first-order chi connectivity index (χ1) is 15.5. The smallest absolute Gasteiger partial charge is 0.257 e. The number of hydrogen-bond donors (Lipinski definition) is 4. The highest BCUT2D eigenvalue weighted by molar-refractivity contribution is 5.85. The molecule has 0 spiro atoms. The van der Waals surface area contributed by atoms with Gasteiger partial charge < -0.3 is 20.2 Å². The van der Waals surface area contributed by atoms with Gasteiger partial charge in [-0.05, 0) is 36.8 Å². The lowest BCUT2D eigenvalue weighted by Crippen LogP contribution is -2.24. The van der Waals surface area contributed by atoms with Gasteiger partial charge in [-0.1, -0.05) is 29.8 Å². The SMILES string of the molecule is Cc1ccc(C(c2c(O)c3cccnc3[nH]c2=O)c2c(O)c3cccnc3[nH]c2=O)cc1. The van der Waals surface area contributed by atoms with Gasteiger partial charge in [0.25, 0.3) is 11.1 Å². The van der Waals surface area contributed by atoms with Gasteiger partial charge in [-0.3, -0.25) is 9.59 Å². The molecule has 158 valence electrons. The van der Waals surface area contributed by atoms with Crippen LogP contribution in [-0.4, -0.2) is 30.1 Å². The summed E-state index contributed by atoms with van der Waals surface area (Å²) < 4.78 is 0. The van der Waals surface area contributed by atoms with E-state index in [0.29, 0.717) is 16.3 Å². The summed E-state index contributed by atoms with van der Waals surface area (Å²) in [5.41, 5.74) is 0.660. The minimum Gasteiger partial charge on any atom is -0.507 e. The van der Waals surface area contributed by atoms with E-state index in [-0.39, 0.29) is 33.9 Å². The van der Waals surface area contributed by atoms with Crippen LogP contribution >= 0.6 is 0 Å². The van der Waals surface area contributed by atoms with E-state index in [1.807, 2.05) is 19.1 Å². The molecule has 0 aliphatic heterocycles. The maximum atomic E-state index is 13.1. The van der Waals surface area contributed by atoms with Gasteiger partial charge in [-0.2, -0.15) is 0 Å². The molecule has 5 rings (SSSR count). The Bertz CT molecular complexity index is 1500. The van der Waals surface area contributed by atoms with E-state index in [1.165, 1.54) is 12.4 Å². The average molecular weight is 426 g/mol. The molecule has 4 aromatic heterocycles. The normalized spacial score (nSPS) is 11.4. The number of nitrogens with zero attached hydrogens (tertiary/aromatic N) is 2. The lowest BCUT2D eigenvalue weighted by Gasteiger charge is -2.20. The third kappa shape index (κ3) is 3.01. The molecule has 1 aromatic carbocycles. The first kappa shape index (κ1) is 19.5. The second-order valence-electron chi connectivity index (χ2n) is 7.58. The number of aromatic amines is 2. The zero-order valence-corrected chi connectivity index (χ0v) is 17.0. The molecule has 0 saturated heterocycles. The summed E-state index contributed by atoms with van der Waals surface area (Å²) in [6.45, 7) is 1.91. The maximum Gasteiger partial charge on any atom is 0.257 e. The minimum atomic E-state index is -1.04. The summed E-state index contributed by atoms with van der Waals surface area (Å²) in [7, 11) is 0. The van der Waals surface area contributed by atoms with Gasteiger partial charge >= 0.3 is 0 Å². The Morgan fingerprint density at radius 1 is 0.750 bits per heavy atom. The Morgan fingerprint density at radius 2 is 1.22 bits per heavy atom. The Morgan fingerprint density at radius 3 is 1.69 bits per heavy atom. The van der Waals surface area contributed by atoms with Crippen LogP contribution < -0.4 is 11.1 Å². The van der Waals surface area contributed by atoms with Crippen LogP contribution in [0.3, 0.4) is 0 Å². The van der Waals surface area contributed by atoms with Crippen LogP contribution in [0.15, 0.2) is 70.5 Å². The number of nitrogens with one attached hydrogen (secondary N) is 2. The first-order valence-electron chi connectivity index (χ1n) is 9.92. The second kappa shape index (κ2) is 7.35. The number of hydrogen-bond acceptors (Lipinski definition) is 6. The molecule has 0 aliphatic carbocycles. The third-order valence-electron chi connectivity index (χ3n) is 5.58. The number of H-pyrrole nitrogens is 2. The van der Waals surface area contributed by atoms with Crippen LogP contribution in [-0.2, 0) is 0 Å². The van der Waals surface area contributed by atoms with E-state index in [2.05, 4.69) is 19.9 Å². The molecule has 32 heavy (non-hydrogen) atoms. The predicted molar refractivity (Wildman–Crippen MR) is 120 cm³/mol. The molecule has 0 atom stereocenters. The summed E-state index contributed by atoms with van der Waals surface area (Å²) >= 11 is 0. The third-order valence-corrected chi connectivity index (χ3v) is 5.58. The molecule has 0 saturated carbocycles. The van der Waals surface area contributed by atoms with E-state index in [1.54, 1.807) is 36.4 Å². The highest BCUT2D eigenvalue weighted by atomic mass is 16.3. The van der Waals surface area contributed by atoms with Gasteiger partial charge in [0.15, 0.2) is 0 Å². The molecule has 4 heterocycles. The van der Waals surface area contributed by atoms with Gasteiger partial charge in [0.2, 0.25) is 0 Å². The van der Waals surface area contributed by atoms with Crippen molar-refractivity contribution in [1.82, 2.24) is 19.9 Å². The standard InChI is InChI=1S/C24H18N4O4/c1-12-6-8-13(9-7-12)16(17-19(29)14-4-2-10-25-21(14)27-23(17)31)18-20(30)15-5-3-11-26-22(15)28-24(18)32/h2-11,16H,1H3,(H2,25,27,29,31)(H2,26,28,30,32). The molecule has 8 nitrogen and oxygen atoms in total. The van der Waals surface area contributed by atoms with Crippen molar-refractivity contribution in [3.63, 3.8) is 0 Å². The molecule has 8 heteroatoms. The molecule has 0 fully saturated rings. The van der Waals surface area contributed by atoms with Crippen molar-refractivity contribution in [2.24, 2.45) is 0 Å². The zero-order chi connectivity index (χ0) is 22.4. The summed E-state index contributed by atoms with van der Waals surface area (Å²) in [6.07, 6.45) is 3.00. The summed E-state index contributed by atoms with van der Waals surface area (Å²) in [5, 5.41) is 22.9. The van der Waals surface area contributed by atoms with Crippen molar-refractivity contribution in [1.29, 1.82) is 0 Å². The van der Waals surface area contributed by atoms with Crippen LogP contribution in [0.25, 0.3) is 22.1 Å². The van der Waals surface area contributed by atoms with Gasteiger partial charge in [-0.25, -0.2) is 9.97 Å². The van der Waals surface area contributed by atoms with Crippen LogP contribution in [0.2, 0.25) is 0 Å². The van der Waals surface area contributed by atoms with Gasteiger partial charge in [0, 0.05) is 12.4 Å². The quantitative estimate of drug-likeness (QED) is 0.351. The number of pyridine rings is 4. The average Bonchev–Trinajstić information content (AvgIpc) is 2.78. The van der Waals surface area contributed by atoms with E-state index in [4.69, 9.17) is 0 Å². The number of benzene rings is 1. The Balaban J connectivity index is 1.91. The number of aromatic nitrogens is 4. The summed E-state index contributed by atoms with van der Waals surface area (Å²) in [6, 6.07) is 13.7. The Kier molecular flexibility index (Phi) is 4.48. The summed E-state index contributed by atoms with van der Waals surface area (Å²) in [5.74, 6) is -1.64. The fourth-order valence-corrected chi connectivity index (χ4v) is 4.02. The van der Waals surface area contributed by atoms with Crippen LogP contribution in [0.1, 0.15) is 28.2 Å². The lowest BCUT2D eigenvalue weighted by atomic mass is 9.84. The molecular weight excluding hydrogens is 408 g/mol. The van der Waals surface area contributed by atoms with Crippen molar-refractivity contribution in [2.75, 3.05) is 0 Å². The van der Waals surface area contributed by atoms with E-state index in [0.717, 1.165) is 5.56 Å². The number of rotatable bonds is 3. The molecular formula is C24H18N4O4. The number of aryl methyl sites for hydroxylation is 1. The number of aromatic hydroxyl groups is 2. The molecule has 5 aromatic rings. The largest absolute Gasteiger partial charge is 0.507 e. The molecule has 0 aliphatic rings. The summed E-state index contributed by atoms with van der Waals surface area (Å²) in [4.78, 5) is 39.8. The van der Waals surface area contributed by atoms with Gasteiger partial charge in [-0.15, -0.1) is 0 Å². The van der Waals surface area contributed by atoms with Gasteiger partial charge in [0.05, 0.1) is 27.8 Å². The van der Waals surface area contributed by atoms with E-state index in [9.17, 15) is 19.8 Å². The number of fused-ring (bicyclic) bond motifs is 2. The van der Waals surface area contributed by atoms with Gasteiger partial charge in [0.1, 0.15) is 22.8 Å². The van der Waals surface area contributed by atoms with Crippen molar-refractivity contribution >= 4 is 22.1 Å². The Labute approximate surface area is 180 Å². The topological polar surface area (TPSA) is 132 Å². The first-order valence-corrected chi connectivity index (χ1v) is 9.92. The maximum absolute atomic E-state index is 13.1. The predicted octanol–water partition coefficient (Wildman–Crippen LogP) is 3.06. The molecule has 4 N–H and O–H groups in total. The van der Waals surface area contributed by atoms with Crippen LogP contribution in [0.4, 0.5) is 0 Å². The molecule has 0 radical (unpaired) electrons. The fraction of sp³-hybridized carbons (Fsp3) is 0.0833. The highest BCUT2D eigenvalue weighted by Crippen LogP contribution is 2.40. The van der Waals surface area contributed by atoms with E-state index < -0.39 is 17.0 Å². The van der Waals surface area contributed by atoms with Crippen molar-refractivity contribution in [3.05, 3.63) is 104 Å². The minimum absolute atomic E-state index is 0.0570. The zero-order valence-electron chi connectivity index (χ0n) is 17.0. The van der Waals surface area contributed by atoms with Crippen molar-refractivity contribution in [2.45, 2.75) is 12.8 Å². The van der Waals surface area contributed by atoms with Crippen LogP contribution in [0, 0.1) is 6.92 Å². The second-order valence-corrected chi connectivity index (χ2v) is 7.58. The van der Waals surface area contributed by atoms with Crippen molar-refractivity contribution in [3.8, 4) is 11.5 Å². The Hall–Kier alpha value is -4.46. The molecule has 0 bridgehead atoms. The highest BCUT2D eigenvalue weighted by Gasteiger charge is 2.30. The van der Waals surface area contributed by atoms with Crippen LogP contribution in [0.5, 0.6) is 11.5 Å². The van der Waals surface area contributed by atoms with E-state index >= 15 is 0 Å².